The number of para-hydroxylation sites is 2. The number of benzene rings is 2. The number of rotatable bonds is 4. The Hall–Kier alpha value is -2.99. The third-order valence-corrected chi connectivity index (χ3v) is 6.81. The third-order valence-electron chi connectivity index (χ3n) is 5.87. The van der Waals surface area contributed by atoms with E-state index in [0.29, 0.717) is 6.42 Å². The fourth-order valence-corrected chi connectivity index (χ4v) is 5.14. The Kier molecular flexibility index (Phi) is 5.09. The quantitative estimate of drug-likeness (QED) is 0.487. The van der Waals surface area contributed by atoms with Crippen LogP contribution in [0.1, 0.15) is 30.3 Å². The summed E-state index contributed by atoms with van der Waals surface area (Å²) in [5.41, 5.74) is 4.12. The van der Waals surface area contributed by atoms with Crippen LogP contribution in [-0.2, 0) is 18.3 Å². The first-order valence-corrected chi connectivity index (χ1v) is 11.3. The minimum Gasteiger partial charge on any atom is -0.342 e. The summed E-state index contributed by atoms with van der Waals surface area (Å²) in [6.45, 7) is 1.54. The van der Waals surface area contributed by atoms with E-state index >= 15 is 0 Å². The number of fused-ring (bicyclic) bond motifs is 1. The second-order valence-corrected chi connectivity index (χ2v) is 8.74. The van der Waals surface area contributed by atoms with Crippen molar-refractivity contribution in [1.82, 2.24) is 19.4 Å². The largest absolute Gasteiger partial charge is 0.342 e. The van der Waals surface area contributed by atoms with E-state index < -0.39 is 0 Å². The summed E-state index contributed by atoms with van der Waals surface area (Å²) in [5.74, 6) is 1.51. The van der Waals surface area contributed by atoms with Gasteiger partial charge in [-0.2, -0.15) is 0 Å². The van der Waals surface area contributed by atoms with E-state index in [-0.39, 0.29) is 11.8 Å². The lowest BCUT2D eigenvalue weighted by Gasteiger charge is -2.32. The molecule has 1 amide bonds. The molecular formula is C24H24N4OS. The van der Waals surface area contributed by atoms with Gasteiger partial charge >= 0.3 is 0 Å². The smallest absolute Gasteiger partial charge is 0.228 e. The maximum Gasteiger partial charge on any atom is 0.228 e. The summed E-state index contributed by atoms with van der Waals surface area (Å²) < 4.78 is 2.18. The van der Waals surface area contributed by atoms with Crippen LogP contribution in [0.15, 0.2) is 60.0 Å². The van der Waals surface area contributed by atoms with Gasteiger partial charge in [-0.15, -0.1) is 11.3 Å². The molecule has 0 radical (unpaired) electrons. The molecule has 0 bridgehead atoms. The molecular weight excluding hydrogens is 392 g/mol. The minimum atomic E-state index is 0.156. The summed E-state index contributed by atoms with van der Waals surface area (Å²) in [7, 11) is 2.08. The topological polar surface area (TPSA) is 51.0 Å². The highest BCUT2D eigenvalue weighted by Crippen LogP contribution is 2.29. The van der Waals surface area contributed by atoms with Gasteiger partial charge in [0.05, 0.1) is 23.1 Å². The highest BCUT2D eigenvalue weighted by atomic mass is 32.1. The molecule has 0 spiro atoms. The van der Waals surface area contributed by atoms with Gasteiger partial charge in [0.1, 0.15) is 10.8 Å². The van der Waals surface area contributed by atoms with Crippen molar-refractivity contribution in [1.29, 1.82) is 0 Å². The normalized spacial score (nSPS) is 16.8. The molecule has 152 valence electrons. The van der Waals surface area contributed by atoms with Gasteiger partial charge in [-0.25, -0.2) is 9.97 Å². The fraction of sp³-hybridized carbons (Fsp3) is 0.292. The van der Waals surface area contributed by atoms with Crippen molar-refractivity contribution in [3.8, 4) is 10.6 Å². The maximum absolute atomic E-state index is 13.0. The Balaban J connectivity index is 1.29. The Bertz CT molecular complexity index is 1180. The number of aryl methyl sites for hydroxylation is 1. The Morgan fingerprint density at radius 1 is 1.10 bits per heavy atom. The number of piperidine rings is 1. The second kappa shape index (κ2) is 8.03. The van der Waals surface area contributed by atoms with E-state index in [1.54, 1.807) is 11.3 Å². The van der Waals surface area contributed by atoms with Crippen LogP contribution in [0.2, 0.25) is 0 Å². The lowest BCUT2D eigenvalue weighted by molar-refractivity contribution is -0.131. The SMILES string of the molecule is Cn1c([C@H]2CCCN(C(=O)Cc3csc(-c4ccccc4)n3)C2)nc2ccccc21. The number of thiazole rings is 1. The van der Waals surface area contributed by atoms with E-state index in [4.69, 9.17) is 4.98 Å². The summed E-state index contributed by atoms with van der Waals surface area (Å²) in [6.07, 6.45) is 2.43. The molecule has 0 unspecified atom stereocenters. The third kappa shape index (κ3) is 3.63. The predicted molar refractivity (Wildman–Crippen MR) is 121 cm³/mol. The Morgan fingerprint density at radius 2 is 1.90 bits per heavy atom. The number of carbonyl (C=O) groups excluding carboxylic acids is 1. The van der Waals surface area contributed by atoms with E-state index in [0.717, 1.165) is 59.1 Å². The van der Waals surface area contributed by atoms with Gasteiger partial charge in [-0.05, 0) is 25.0 Å². The molecule has 5 rings (SSSR count). The average molecular weight is 417 g/mol. The zero-order valence-electron chi connectivity index (χ0n) is 17.0. The van der Waals surface area contributed by atoms with Crippen molar-refractivity contribution >= 4 is 28.3 Å². The molecule has 0 aliphatic carbocycles. The molecule has 4 aromatic rings. The fourth-order valence-electron chi connectivity index (χ4n) is 4.31. The van der Waals surface area contributed by atoms with Gasteiger partial charge in [-0.3, -0.25) is 4.79 Å². The number of hydrogen-bond acceptors (Lipinski definition) is 4. The van der Waals surface area contributed by atoms with Crippen LogP contribution in [0.4, 0.5) is 0 Å². The molecule has 1 fully saturated rings. The minimum absolute atomic E-state index is 0.156. The van der Waals surface area contributed by atoms with Crippen molar-refractivity contribution in [3.63, 3.8) is 0 Å². The first-order chi connectivity index (χ1) is 14.7. The first-order valence-electron chi connectivity index (χ1n) is 10.4. The number of imidazole rings is 1. The summed E-state index contributed by atoms with van der Waals surface area (Å²) >= 11 is 1.60. The van der Waals surface area contributed by atoms with Gasteiger partial charge in [0.2, 0.25) is 5.91 Å². The van der Waals surface area contributed by atoms with E-state index in [1.165, 1.54) is 0 Å². The number of amides is 1. The molecule has 0 N–H and O–H groups in total. The van der Waals surface area contributed by atoms with Crippen molar-refractivity contribution in [2.24, 2.45) is 7.05 Å². The van der Waals surface area contributed by atoms with E-state index in [9.17, 15) is 4.79 Å². The van der Waals surface area contributed by atoms with Crippen LogP contribution >= 0.6 is 11.3 Å². The van der Waals surface area contributed by atoms with Crippen molar-refractivity contribution < 1.29 is 4.79 Å². The van der Waals surface area contributed by atoms with Crippen LogP contribution in [0.5, 0.6) is 0 Å². The van der Waals surface area contributed by atoms with Gasteiger partial charge in [0, 0.05) is 37.0 Å². The standard InChI is InChI=1S/C24H24N4OS/c1-27-21-12-6-5-11-20(21)26-23(27)18-10-7-13-28(15-18)22(29)14-19-16-30-24(25-19)17-8-3-2-4-9-17/h2-6,8-9,11-12,16,18H,7,10,13-15H2,1H3/t18-/m0/s1. The van der Waals surface area contributed by atoms with Crippen molar-refractivity contribution in [2.45, 2.75) is 25.2 Å². The number of carbonyl (C=O) groups is 1. The summed E-state index contributed by atoms with van der Waals surface area (Å²) in [4.78, 5) is 24.6. The lowest BCUT2D eigenvalue weighted by atomic mass is 9.96. The monoisotopic (exact) mass is 416 g/mol. The highest BCUT2D eigenvalue weighted by molar-refractivity contribution is 7.13. The van der Waals surface area contributed by atoms with Crippen LogP contribution < -0.4 is 0 Å². The molecule has 0 saturated carbocycles. The number of hydrogen-bond donors (Lipinski definition) is 0. The number of likely N-dealkylation sites (tertiary alicyclic amines) is 1. The maximum atomic E-state index is 13.0. The lowest BCUT2D eigenvalue weighted by Crippen LogP contribution is -2.40. The van der Waals surface area contributed by atoms with E-state index in [2.05, 4.69) is 40.9 Å². The Labute approximate surface area is 180 Å². The molecule has 1 saturated heterocycles. The van der Waals surface area contributed by atoms with Crippen LogP contribution in [0.3, 0.4) is 0 Å². The number of nitrogens with zero attached hydrogens (tertiary/aromatic N) is 4. The molecule has 5 nitrogen and oxygen atoms in total. The van der Waals surface area contributed by atoms with Gasteiger partial charge in [0.25, 0.3) is 0 Å². The van der Waals surface area contributed by atoms with Gasteiger partial charge in [-0.1, -0.05) is 42.5 Å². The highest BCUT2D eigenvalue weighted by Gasteiger charge is 2.28. The molecule has 1 atom stereocenters. The van der Waals surface area contributed by atoms with Crippen molar-refractivity contribution in [3.05, 3.63) is 71.5 Å². The first kappa shape index (κ1) is 19.0. The predicted octanol–water partition coefficient (Wildman–Crippen LogP) is 4.65. The summed E-state index contributed by atoms with van der Waals surface area (Å²) in [6, 6.07) is 18.3. The van der Waals surface area contributed by atoms with Crippen LogP contribution in [0.25, 0.3) is 21.6 Å². The van der Waals surface area contributed by atoms with E-state index in [1.807, 2.05) is 40.6 Å². The molecule has 30 heavy (non-hydrogen) atoms. The summed E-state index contributed by atoms with van der Waals surface area (Å²) in [5, 5.41) is 2.97. The molecule has 2 aromatic carbocycles. The molecule has 2 aromatic heterocycles. The molecule has 1 aliphatic rings. The Morgan fingerprint density at radius 3 is 2.73 bits per heavy atom. The van der Waals surface area contributed by atoms with Gasteiger partial charge < -0.3 is 9.47 Å². The zero-order valence-corrected chi connectivity index (χ0v) is 17.8. The van der Waals surface area contributed by atoms with Gasteiger partial charge in [0.15, 0.2) is 0 Å². The average Bonchev–Trinajstić information content (AvgIpc) is 3.39. The zero-order chi connectivity index (χ0) is 20.5. The second-order valence-electron chi connectivity index (χ2n) is 7.88. The molecule has 1 aliphatic heterocycles. The molecule has 6 heteroatoms. The molecule has 3 heterocycles. The van der Waals surface area contributed by atoms with Crippen molar-refractivity contribution in [2.75, 3.05) is 13.1 Å². The van der Waals surface area contributed by atoms with Crippen LogP contribution in [-0.4, -0.2) is 38.4 Å². The number of aromatic nitrogens is 3. The van der Waals surface area contributed by atoms with Crippen LogP contribution in [0, 0.1) is 0 Å².